The summed E-state index contributed by atoms with van der Waals surface area (Å²) in [5, 5.41) is 10.4. The first-order valence-corrected chi connectivity index (χ1v) is 7.19. The molecule has 0 aliphatic rings. The number of unbranched alkanes of at least 4 members (excludes halogenated alkanes) is 3. The highest BCUT2D eigenvalue weighted by Crippen LogP contribution is 2.35. The van der Waals surface area contributed by atoms with Gasteiger partial charge in [-0.2, -0.15) is 0 Å². The van der Waals surface area contributed by atoms with Crippen molar-refractivity contribution in [2.75, 3.05) is 0 Å². The fourth-order valence-electron chi connectivity index (χ4n) is 2.36. The number of rotatable bonds is 5. The fourth-order valence-corrected chi connectivity index (χ4v) is 2.36. The van der Waals surface area contributed by atoms with Gasteiger partial charge < -0.3 is 5.11 Å². The maximum atomic E-state index is 10.4. The Morgan fingerprint density at radius 2 is 1.72 bits per heavy atom. The number of aryl methyl sites for hydroxylation is 2. The van der Waals surface area contributed by atoms with Crippen molar-refractivity contribution in [2.24, 2.45) is 0 Å². The largest absolute Gasteiger partial charge is 0.507 e. The zero-order valence-electron chi connectivity index (χ0n) is 12.6. The van der Waals surface area contributed by atoms with E-state index in [4.69, 9.17) is 0 Å². The lowest BCUT2D eigenvalue weighted by atomic mass is 9.83. The maximum absolute atomic E-state index is 10.4. The zero-order valence-corrected chi connectivity index (χ0v) is 12.6. The standard InChI is InChI=1S/C17H28O/c1-6-7-8-9-10-14-11-13(2)12-15(16(14)18)17(3,4)5/h11-12,18H,6-10H2,1-5H3. The monoisotopic (exact) mass is 248 g/mol. The molecule has 0 bridgehead atoms. The lowest BCUT2D eigenvalue weighted by Crippen LogP contribution is -2.12. The third kappa shape index (κ3) is 4.04. The van der Waals surface area contributed by atoms with Gasteiger partial charge >= 0.3 is 0 Å². The highest BCUT2D eigenvalue weighted by Gasteiger charge is 2.20. The average molecular weight is 248 g/mol. The summed E-state index contributed by atoms with van der Waals surface area (Å²) in [6.07, 6.45) is 5.98. The highest BCUT2D eigenvalue weighted by molar-refractivity contribution is 5.46. The minimum absolute atomic E-state index is 0.00821. The van der Waals surface area contributed by atoms with E-state index in [-0.39, 0.29) is 5.41 Å². The van der Waals surface area contributed by atoms with Crippen molar-refractivity contribution in [1.82, 2.24) is 0 Å². The molecule has 102 valence electrons. The Balaban J connectivity index is 2.88. The van der Waals surface area contributed by atoms with E-state index in [1.807, 2.05) is 0 Å². The van der Waals surface area contributed by atoms with Crippen molar-refractivity contribution in [3.8, 4) is 5.75 Å². The quantitative estimate of drug-likeness (QED) is 0.717. The van der Waals surface area contributed by atoms with E-state index in [1.54, 1.807) is 0 Å². The molecular formula is C17H28O. The van der Waals surface area contributed by atoms with Crippen LogP contribution in [-0.4, -0.2) is 5.11 Å². The van der Waals surface area contributed by atoms with Gasteiger partial charge in [0.25, 0.3) is 0 Å². The molecule has 0 aliphatic heterocycles. The summed E-state index contributed by atoms with van der Waals surface area (Å²) in [5.41, 5.74) is 3.46. The Morgan fingerprint density at radius 3 is 2.28 bits per heavy atom. The van der Waals surface area contributed by atoms with Crippen LogP contribution in [0.1, 0.15) is 70.1 Å². The minimum atomic E-state index is 0.00821. The molecule has 0 amide bonds. The van der Waals surface area contributed by atoms with Crippen molar-refractivity contribution >= 4 is 0 Å². The van der Waals surface area contributed by atoms with Gasteiger partial charge in [0, 0.05) is 0 Å². The average Bonchev–Trinajstić information content (AvgIpc) is 2.27. The SMILES string of the molecule is CCCCCCc1cc(C)cc(C(C)(C)C)c1O. The van der Waals surface area contributed by atoms with Crippen molar-refractivity contribution in [3.05, 3.63) is 28.8 Å². The van der Waals surface area contributed by atoms with Crippen LogP contribution < -0.4 is 0 Å². The second-order valence-corrected chi connectivity index (χ2v) is 6.38. The van der Waals surface area contributed by atoms with Gasteiger partial charge in [0.15, 0.2) is 0 Å². The maximum Gasteiger partial charge on any atom is 0.122 e. The summed E-state index contributed by atoms with van der Waals surface area (Å²) in [6, 6.07) is 4.25. The summed E-state index contributed by atoms with van der Waals surface area (Å²) in [4.78, 5) is 0. The van der Waals surface area contributed by atoms with Gasteiger partial charge in [-0.3, -0.25) is 0 Å². The summed E-state index contributed by atoms with van der Waals surface area (Å²) in [5.74, 6) is 0.518. The predicted octanol–water partition coefficient (Wildman–Crippen LogP) is 5.12. The molecule has 0 aliphatic carbocycles. The molecule has 1 heteroatoms. The Kier molecular flexibility index (Phi) is 5.25. The van der Waals surface area contributed by atoms with E-state index < -0.39 is 0 Å². The molecule has 18 heavy (non-hydrogen) atoms. The Morgan fingerprint density at radius 1 is 1.06 bits per heavy atom. The van der Waals surface area contributed by atoms with E-state index in [9.17, 15) is 5.11 Å². The minimum Gasteiger partial charge on any atom is -0.507 e. The molecule has 1 N–H and O–H groups in total. The van der Waals surface area contributed by atoms with Crippen LogP contribution in [0.2, 0.25) is 0 Å². The Bertz CT molecular complexity index is 385. The zero-order chi connectivity index (χ0) is 13.8. The van der Waals surface area contributed by atoms with Gasteiger partial charge in [0.2, 0.25) is 0 Å². The van der Waals surface area contributed by atoms with Gasteiger partial charge in [-0.25, -0.2) is 0 Å². The second kappa shape index (κ2) is 6.26. The number of hydrogen-bond acceptors (Lipinski definition) is 1. The van der Waals surface area contributed by atoms with Crippen molar-refractivity contribution < 1.29 is 5.11 Å². The molecule has 0 aromatic heterocycles. The molecular weight excluding hydrogens is 220 g/mol. The van der Waals surface area contributed by atoms with E-state index in [0.29, 0.717) is 5.75 Å². The van der Waals surface area contributed by atoms with Crippen LogP contribution in [0.3, 0.4) is 0 Å². The Hall–Kier alpha value is -0.980. The van der Waals surface area contributed by atoms with Crippen LogP contribution in [-0.2, 0) is 11.8 Å². The first-order valence-electron chi connectivity index (χ1n) is 7.19. The van der Waals surface area contributed by atoms with Gasteiger partial charge in [0.1, 0.15) is 5.75 Å². The van der Waals surface area contributed by atoms with Crippen LogP contribution in [0, 0.1) is 6.92 Å². The highest BCUT2D eigenvalue weighted by atomic mass is 16.3. The predicted molar refractivity (Wildman–Crippen MR) is 79.4 cm³/mol. The first kappa shape index (κ1) is 15.1. The number of phenolic OH excluding ortho intramolecular Hbond substituents is 1. The van der Waals surface area contributed by atoms with Gasteiger partial charge in [-0.1, -0.05) is 64.7 Å². The van der Waals surface area contributed by atoms with E-state index in [0.717, 1.165) is 17.5 Å². The molecule has 1 aromatic rings. The molecule has 0 saturated heterocycles. The van der Waals surface area contributed by atoms with E-state index in [2.05, 4.69) is 46.8 Å². The molecule has 0 spiro atoms. The van der Waals surface area contributed by atoms with Gasteiger partial charge in [0.05, 0.1) is 0 Å². The first-order chi connectivity index (χ1) is 8.36. The van der Waals surface area contributed by atoms with Crippen LogP contribution in [0.5, 0.6) is 5.75 Å². The van der Waals surface area contributed by atoms with Crippen LogP contribution in [0.4, 0.5) is 0 Å². The molecule has 1 rings (SSSR count). The van der Waals surface area contributed by atoms with Crippen LogP contribution in [0.15, 0.2) is 12.1 Å². The molecule has 0 heterocycles. The Labute approximate surface area is 112 Å². The number of phenols is 1. The third-order valence-electron chi connectivity index (χ3n) is 3.44. The molecule has 0 atom stereocenters. The lowest BCUT2D eigenvalue weighted by molar-refractivity contribution is 0.438. The van der Waals surface area contributed by atoms with Crippen LogP contribution in [0.25, 0.3) is 0 Å². The van der Waals surface area contributed by atoms with Gasteiger partial charge in [-0.05, 0) is 36.3 Å². The fraction of sp³-hybridized carbons (Fsp3) is 0.647. The summed E-state index contributed by atoms with van der Waals surface area (Å²) < 4.78 is 0. The number of aromatic hydroxyl groups is 1. The lowest BCUT2D eigenvalue weighted by Gasteiger charge is -2.23. The molecule has 1 nitrogen and oxygen atoms in total. The smallest absolute Gasteiger partial charge is 0.122 e. The summed E-state index contributed by atoms with van der Waals surface area (Å²) >= 11 is 0. The topological polar surface area (TPSA) is 20.2 Å². The van der Waals surface area contributed by atoms with E-state index >= 15 is 0 Å². The number of benzene rings is 1. The second-order valence-electron chi connectivity index (χ2n) is 6.38. The van der Waals surface area contributed by atoms with Crippen LogP contribution >= 0.6 is 0 Å². The van der Waals surface area contributed by atoms with Crippen molar-refractivity contribution in [3.63, 3.8) is 0 Å². The third-order valence-corrected chi connectivity index (χ3v) is 3.44. The summed E-state index contributed by atoms with van der Waals surface area (Å²) in [6.45, 7) is 10.8. The van der Waals surface area contributed by atoms with Gasteiger partial charge in [-0.15, -0.1) is 0 Å². The van der Waals surface area contributed by atoms with E-state index in [1.165, 1.54) is 31.2 Å². The normalized spacial score (nSPS) is 11.8. The van der Waals surface area contributed by atoms with Crippen molar-refractivity contribution in [1.29, 1.82) is 0 Å². The summed E-state index contributed by atoms with van der Waals surface area (Å²) in [7, 11) is 0. The molecule has 1 aromatic carbocycles. The molecule has 0 radical (unpaired) electrons. The molecule has 0 fully saturated rings. The molecule has 0 saturated carbocycles. The molecule has 0 unspecified atom stereocenters. The number of hydrogen-bond donors (Lipinski definition) is 1. The van der Waals surface area contributed by atoms with Crippen molar-refractivity contribution in [2.45, 2.75) is 72.1 Å².